The molecule has 1 aromatic carbocycles. The van der Waals surface area contributed by atoms with Crippen LogP contribution in [0.5, 0.6) is 0 Å². The highest BCUT2D eigenvalue weighted by molar-refractivity contribution is 5.77. The molecule has 0 unspecified atom stereocenters. The molecule has 0 spiro atoms. The van der Waals surface area contributed by atoms with Crippen LogP contribution in [0.25, 0.3) is 10.4 Å². The van der Waals surface area contributed by atoms with Crippen LogP contribution in [-0.4, -0.2) is 98.9 Å². The summed E-state index contributed by atoms with van der Waals surface area (Å²) in [4.78, 5) is 51.9. The molecule has 0 saturated carbocycles. The van der Waals surface area contributed by atoms with E-state index in [2.05, 4.69) is 10.0 Å². The van der Waals surface area contributed by atoms with Gasteiger partial charge in [0.05, 0.1) is 20.3 Å². The molecule has 16 nitrogen and oxygen atoms in total. The van der Waals surface area contributed by atoms with Crippen molar-refractivity contribution in [2.24, 2.45) is 5.11 Å². The van der Waals surface area contributed by atoms with E-state index in [0.29, 0.717) is 0 Å². The maximum Gasteiger partial charge on any atom is 0.339 e. The van der Waals surface area contributed by atoms with Crippen molar-refractivity contribution in [3.63, 3.8) is 0 Å². The fourth-order valence-electron chi connectivity index (χ4n) is 5.00. The fraction of sp³-hybridized carbons (Fsp3) is 0.615. The topological polar surface area (TPSA) is 200 Å². The van der Waals surface area contributed by atoms with E-state index >= 15 is 0 Å². The smallest absolute Gasteiger partial charge is 0.339 e. The fourth-order valence-corrected chi connectivity index (χ4v) is 5.00. The Kier molecular flexibility index (Phi) is 10.3. The number of carbonyl (C=O) groups excluding carboxylic acids is 4. The van der Waals surface area contributed by atoms with Gasteiger partial charge in [-0.25, -0.2) is 4.79 Å². The molecule has 0 aliphatic carbocycles. The van der Waals surface area contributed by atoms with E-state index in [4.69, 9.17) is 42.6 Å². The molecule has 3 aliphatic heterocycles. The summed E-state index contributed by atoms with van der Waals surface area (Å²) in [5, 5.41) is 3.82. The normalized spacial score (nSPS) is 33.5. The summed E-state index contributed by atoms with van der Waals surface area (Å²) < 4.78 is 50.9. The predicted molar refractivity (Wildman–Crippen MR) is 135 cm³/mol. The van der Waals surface area contributed by atoms with Gasteiger partial charge in [0.15, 0.2) is 37.0 Å². The number of carbonyl (C=O) groups is 4. The monoisotopic (exact) mass is 593 g/mol. The van der Waals surface area contributed by atoms with Crippen LogP contribution in [0.1, 0.15) is 26.3 Å². The van der Waals surface area contributed by atoms with Gasteiger partial charge in [-0.2, -0.15) is 0 Å². The minimum atomic E-state index is -1.66. The van der Waals surface area contributed by atoms with E-state index in [0.717, 1.165) is 33.4 Å². The molecular formula is C26H31N3O13. The van der Waals surface area contributed by atoms with Crippen molar-refractivity contribution in [3.05, 3.63) is 46.3 Å². The quantitative estimate of drug-likeness (QED) is 0.123. The number of ether oxygens (including phenoxy) is 9. The maximum atomic E-state index is 12.8. The first kappa shape index (κ1) is 31.2. The summed E-state index contributed by atoms with van der Waals surface area (Å²) in [5.74, 6) is -3.47. The number of esters is 4. The molecular weight excluding hydrogens is 562 g/mol. The van der Waals surface area contributed by atoms with Crippen LogP contribution in [0.2, 0.25) is 0 Å². The number of methoxy groups -OCH3 is 1. The standard InChI is InChI=1S/C26H31N3O13/c1-12(30)37-20-21(38-13(2)31)23(39-14(3)32)26(42-22(20)24(33)34-4)41-18-16-11-36-25(40-16)17(28-29-27)19(18)35-10-15-8-6-5-7-9-15/h5-9,16-23,25-26H,10-11H2,1-4H3/t16-,17-,18-,19-,20+,21+,22+,23-,25-,26-/m1/s1. The van der Waals surface area contributed by atoms with Crippen molar-refractivity contribution in [1.82, 2.24) is 0 Å². The molecule has 3 aliphatic rings. The zero-order valence-electron chi connectivity index (χ0n) is 23.2. The average molecular weight is 594 g/mol. The van der Waals surface area contributed by atoms with Gasteiger partial charge in [0.1, 0.15) is 24.4 Å². The Labute approximate surface area is 240 Å². The van der Waals surface area contributed by atoms with E-state index < -0.39 is 85.2 Å². The highest BCUT2D eigenvalue weighted by atomic mass is 16.8. The Morgan fingerprint density at radius 2 is 1.55 bits per heavy atom. The van der Waals surface area contributed by atoms with Crippen molar-refractivity contribution in [2.45, 2.75) is 88.7 Å². The molecule has 3 fully saturated rings. The Morgan fingerprint density at radius 1 is 0.905 bits per heavy atom. The molecule has 228 valence electrons. The molecule has 0 amide bonds. The van der Waals surface area contributed by atoms with E-state index in [-0.39, 0.29) is 13.2 Å². The molecule has 42 heavy (non-hydrogen) atoms. The van der Waals surface area contributed by atoms with Crippen LogP contribution in [-0.2, 0) is 68.4 Å². The minimum Gasteiger partial charge on any atom is -0.467 e. The van der Waals surface area contributed by atoms with Crippen LogP contribution in [0.4, 0.5) is 0 Å². The second-order valence-corrected chi connectivity index (χ2v) is 9.60. The lowest BCUT2D eigenvalue weighted by molar-refractivity contribution is -0.331. The first-order valence-corrected chi connectivity index (χ1v) is 13.0. The van der Waals surface area contributed by atoms with Crippen LogP contribution >= 0.6 is 0 Å². The predicted octanol–water partition coefficient (Wildman–Crippen LogP) is 1.08. The molecule has 3 saturated heterocycles. The lowest BCUT2D eigenvalue weighted by atomic mass is 9.96. The van der Waals surface area contributed by atoms with E-state index in [1.54, 1.807) is 0 Å². The SMILES string of the molecule is COC(=O)[C@H]1O[C@@H](O[C@H]2[C@H](OCc3ccccc3)[C@@H](N=[N+]=[N-])[C@@H]3OC[C@H]2O3)[C@H](OC(C)=O)[C@@H](OC(C)=O)[C@@H]1OC(C)=O. The number of azide groups is 1. The van der Waals surface area contributed by atoms with Crippen LogP contribution in [0.3, 0.4) is 0 Å². The van der Waals surface area contributed by atoms with Crippen LogP contribution in [0.15, 0.2) is 35.4 Å². The Bertz CT molecular complexity index is 1190. The summed E-state index contributed by atoms with van der Waals surface area (Å²) >= 11 is 0. The summed E-state index contributed by atoms with van der Waals surface area (Å²) in [6, 6.07) is 8.17. The highest BCUT2D eigenvalue weighted by Crippen LogP contribution is 2.38. The number of hydrogen-bond acceptors (Lipinski definition) is 14. The van der Waals surface area contributed by atoms with Crippen LogP contribution < -0.4 is 0 Å². The molecule has 3 heterocycles. The second-order valence-electron chi connectivity index (χ2n) is 9.60. The van der Waals surface area contributed by atoms with E-state index in [1.165, 1.54) is 0 Å². The van der Waals surface area contributed by atoms with E-state index in [9.17, 15) is 24.7 Å². The Balaban J connectivity index is 1.71. The first-order valence-electron chi connectivity index (χ1n) is 13.0. The summed E-state index contributed by atoms with van der Waals surface area (Å²) in [6.07, 6.45) is -11.7. The van der Waals surface area contributed by atoms with Gasteiger partial charge in [-0.15, -0.1) is 0 Å². The largest absolute Gasteiger partial charge is 0.467 e. The number of fused-ring (bicyclic) bond motifs is 2. The molecule has 2 bridgehead atoms. The lowest BCUT2D eigenvalue weighted by Crippen LogP contribution is -2.66. The van der Waals surface area contributed by atoms with Crippen molar-refractivity contribution in [3.8, 4) is 0 Å². The van der Waals surface area contributed by atoms with Gasteiger partial charge in [0, 0.05) is 25.7 Å². The van der Waals surface area contributed by atoms with Gasteiger partial charge < -0.3 is 42.6 Å². The Hall–Kier alpha value is -3.79. The second kappa shape index (κ2) is 13.9. The van der Waals surface area contributed by atoms with Crippen LogP contribution in [0, 0.1) is 0 Å². The third-order valence-electron chi connectivity index (χ3n) is 6.64. The van der Waals surface area contributed by atoms with Gasteiger partial charge in [-0.1, -0.05) is 35.4 Å². The summed E-state index contributed by atoms with van der Waals surface area (Å²) in [6.45, 7) is 3.36. The molecule has 4 rings (SSSR count). The average Bonchev–Trinajstić information content (AvgIpc) is 3.38. The van der Waals surface area contributed by atoms with Crippen molar-refractivity contribution >= 4 is 23.9 Å². The first-order chi connectivity index (χ1) is 20.1. The van der Waals surface area contributed by atoms with E-state index in [1.807, 2.05) is 30.3 Å². The molecule has 0 aromatic heterocycles. The zero-order chi connectivity index (χ0) is 30.4. The van der Waals surface area contributed by atoms with Crippen molar-refractivity contribution in [2.75, 3.05) is 13.7 Å². The van der Waals surface area contributed by atoms with Gasteiger partial charge in [0.25, 0.3) is 0 Å². The molecule has 0 radical (unpaired) electrons. The summed E-state index contributed by atoms with van der Waals surface area (Å²) in [7, 11) is 1.08. The summed E-state index contributed by atoms with van der Waals surface area (Å²) in [5.41, 5.74) is 10.1. The van der Waals surface area contributed by atoms with Crippen molar-refractivity contribution in [1.29, 1.82) is 0 Å². The zero-order valence-corrected chi connectivity index (χ0v) is 23.2. The third-order valence-corrected chi connectivity index (χ3v) is 6.64. The Morgan fingerprint density at radius 3 is 2.17 bits per heavy atom. The van der Waals surface area contributed by atoms with Gasteiger partial charge in [0.2, 0.25) is 0 Å². The molecule has 10 atom stereocenters. The minimum absolute atomic E-state index is 0.0206. The number of hydrogen-bond donors (Lipinski definition) is 0. The van der Waals surface area contributed by atoms with Gasteiger partial charge in [-0.05, 0) is 11.1 Å². The highest BCUT2D eigenvalue weighted by Gasteiger charge is 2.58. The maximum absolute atomic E-state index is 12.8. The number of rotatable bonds is 10. The van der Waals surface area contributed by atoms with Gasteiger partial charge in [-0.3, -0.25) is 14.4 Å². The van der Waals surface area contributed by atoms with Crippen molar-refractivity contribution < 1.29 is 61.8 Å². The molecule has 0 N–H and O–H groups in total. The molecule has 1 aromatic rings. The number of benzene rings is 1. The number of nitrogens with zero attached hydrogens (tertiary/aromatic N) is 3. The lowest BCUT2D eigenvalue weighted by Gasteiger charge is -2.46. The third kappa shape index (κ3) is 7.15. The molecule has 16 heteroatoms. The van der Waals surface area contributed by atoms with Gasteiger partial charge >= 0.3 is 23.9 Å².